The van der Waals surface area contributed by atoms with E-state index in [9.17, 15) is 0 Å². The Morgan fingerprint density at radius 3 is 3.00 bits per heavy atom. The SMILES string of the molecule is Cc1nc(CCNC2CCOc3c(Cl)cc(Cl)cc32)no1. The van der Waals surface area contributed by atoms with Crippen LogP contribution in [-0.4, -0.2) is 23.3 Å². The van der Waals surface area contributed by atoms with Crippen LogP contribution in [-0.2, 0) is 6.42 Å². The van der Waals surface area contributed by atoms with Gasteiger partial charge < -0.3 is 14.6 Å². The van der Waals surface area contributed by atoms with Crippen LogP contribution in [0.2, 0.25) is 10.0 Å². The summed E-state index contributed by atoms with van der Waals surface area (Å²) >= 11 is 12.3. The molecular formula is C14H15Cl2N3O2. The Hall–Kier alpha value is -1.30. The van der Waals surface area contributed by atoms with Crippen LogP contribution in [0.4, 0.5) is 0 Å². The Morgan fingerprint density at radius 1 is 1.38 bits per heavy atom. The Balaban J connectivity index is 1.67. The Kier molecular flexibility index (Phi) is 4.33. The molecular weight excluding hydrogens is 313 g/mol. The summed E-state index contributed by atoms with van der Waals surface area (Å²) in [4.78, 5) is 4.18. The lowest BCUT2D eigenvalue weighted by molar-refractivity contribution is 0.253. The second-order valence-electron chi connectivity index (χ2n) is 4.93. The highest BCUT2D eigenvalue weighted by Gasteiger charge is 2.23. The second kappa shape index (κ2) is 6.22. The summed E-state index contributed by atoms with van der Waals surface area (Å²) in [6.07, 6.45) is 1.58. The fraction of sp³-hybridized carbons (Fsp3) is 0.429. The largest absolute Gasteiger partial charge is 0.492 e. The van der Waals surface area contributed by atoms with Gasteiger partial charge >= 0.3 is 0 Å². The molecule has 1 aromatic carbocycles. The van der Waals surface area contributed by atoms with Gasteiger partial charge in [0, 0.05) is 42.9 Å². The Morgan fingerprint density at radius 2 is 2.24 bits per heavy atom. The molecule has 1 unspecified atom stereocenters. The summed E-state index contributed by atoms with van der Waals surface area (Å²) in [5.74, 6) is 2.01. The van der Waals surface area contributed by atoms with Crippen LogP contribution in [0, 0.1) is 6.92 Å². The molecule has 1 aliphatic heterocycles. The van der Waals surface area contributed by atoms with Crippen molar-refractivity contribution in [2.45, 2.75) is 25.8 Å². The van der Waals surface area contributed by atoms with Gasteiger partial charge in [-0.25, -0.2) is 0 Å². The smallest absolute Gasteiger partial charge is 0.223 e. The van der Waals surface area contributed by atoms with Gasteiger partial charge in [0.2, 0.25) is 5.89 Å². The van der Waals surface area contributed by atoms with Crippen LogP contribution in [0.25, 0.3) is 0 Å². The average Bonchev–Trinajstić information content (AvgIpc) is 2.85. The van der Waals surface area contributed by atoms with Gasteiger partial charge in [0.15, 0.2) is 5.82 Å². The van der Waals surface area contributed by atoms with Crippen molar-refractivity contribution in [1.82, 2.24) is 15.5 Å². The van der Waals surface area contributed by atoms with Crippen molar-refractivity contribution in [1.29, 1.82) is 0 Å². The van der Waals surface area contributed by atoms with E-state index in [-0.39, 0.29) is 6.04 Å². The second-order valence-corrected chi connectivity index (χ2v) is 5.77. The standard InChI is InChI=1S/C14H15Cl2N3O2/c1-8-18-13(19-21-8)2-4-17-12-3-5-20-14-10(12)6-9(15)7-11(14)16/h6-7,12,17H,2-5H2,1H3. The van der Waals surface area contributed by atoms with Crippen molar-refractivity contribution < 1.29 is 9.26 Å². The lowest BCUT2D eigenvalue weighted by Gasteiger charge is -2.27. The van der Waals surface area contributed by atoms with Gasteiger partial charge in [-0.15, -0.1) is 0 Å². The molecule has 2 aromatic rings. The molecule has 1 atom stereocenters. The van der Waals surface area contributed by atoms with E-state index in [4.69, 9.17) is 32.5 Å². The maximum atomic E-state index is 6.18. The van der Waals surface area contributed by atoms with Crippen LogP contribution < -0.4 is 10.1 Å². The molecule has 1 aliphatic rings. The van der Waals surface area contributed by atoms with Crippen LogP contribution in [0.3, 0.4) is 0 Å². The van der Waals surface area contributed by atoms with Crippen molar-refractivity contribution in [2.75, 3.05) is 13.2 Å². The highest BCUT2D eigenvalue weighted by molar-refractivity contribution is 6.35. The zero-order valence-electron chi connectivity index (χ0n) is 11.5. The maximum absolute atomic E-state index is 6.18. The fourth-order valence-electron chi connectivity index (χ4n) is 2.44. The normalized spacial score (nSPS) is 17.4. The van der Waals surface area contributed by atoms with E-state index in [1.54, 1.807) is 13.0 Å². The summed E-state index contributed by atoms with van der Waals surface area (Å²) in [5, 5.41) is 8.52. The van der Waals surface area contributed by atoms with Gasteiger partial charge in [-0.1, -0.05) is 28.4 Å². The Bertz CT molecular complexity index is 645. The van der Waals surface area contributed by atoms with Gasteiger partial charge in [-0.05, 0) is 12.1 Å². The first-order valence-corrected chi connectivity index (χ1v) is 7.53. The monoisotopic (exact) mass is 327 g/mol. The first-order chi connectivity index (χ1) is 10.1. The van der Waals surface area contributed by atoms with Crippen molar-refractivity contribution >= 4 is 23.2 Å². The highest BCUT2D eigenvalue weighted by Crippen LogP contribution is 2.39. The number of nitrogens with zero attached hydrogens (tertiary/aromatic N) is 2. The minimum atomic E-state index is 0.165. The molecule has 5 nitrogen and oxygen atoms in total. The number of nitrogens with one attached hydrogen (secondary N) is 1. The molecule has 7 heteroatoms. The third-order valence-corrected chi connectivity index (χ3v) is 3.87. The third-order valence-electron chi connectivity index (χ3n) is 3.37. The quantitative estimate of drug-likeness (QED) is 0.933. The van der Waals surface area contributed by atoms with Gasteiger partial charge in [0.05, 0.1) is 11.6 Å². The summed E-state index contributed by atoms with van der Waals surface area (Å²) in [6, 6.07) is 3.77. The molecule has 112 valence electrons. The number of aromatic nitrogens is 2. The molecule has 1 N–H and O–H groups in total. The van der Waals surface area contributed by atoms with Crippen LogP contribution >= 0.6 is 23.2 Å². The van der Waals surface area contributed by atoms with Crippen LogP contribution in [0.1, 0.15) is 29.7 Å². The predicted octanol–water partition coefficient (Wildman–Crippen LogP) is 3.34. The minimum Gasteiger partial charge on any atom is -0.492 e. The summed E-state index contributed by atoms with van der Waals surface area (Å²) < 4.78 is 10.6. The van der Waals surface area contributed by atoms with E-state index >= 15 is 0 Å². The number of rotatable bonds is 4. The number of benzene rings is 1. The fourth-order valence-corrected chi connectivity index (χ4v) is 3.00. The molecule has 2 heterocycles. The van der Waals surface area contributed by atoms with Crippen molar-refractivity contribution in [3.8, 4) is 5.75 Å². The van der Waals surface area contributed by atoms with E-state index in [0.717, 1.165) is 24.3 Å². The molecule has 3 rings (SSSR count). The van der Waals surface area contributed by atoms with E-state index < -0.39 is 0 Å². The average molecular weight is 328 g/mol. The number of hydrogen-bond donors (Lipinski definition) is 1. The van der Waals surface area contributed by atoms with Crippen LogP contribution in [0.15, 0.2) is 16.7 Å². The lowest BCUT2D eigenvalue weighted by atomic mass is 10.0. The van der Waals surface area contributed by atoms with E-state index in [1.165, 1.54) is 0 Å². The molecule has 0 saturated carbocycles. The van der Waals surface area contributed by atoms with Crippen molar-refractivity contribution in [3.63, 3.8) is 0 Å². The lowest BCUT2D eigenvalue weighted by Crippen LogP contribution is -2.29. The van der Waals surface area contributed by atoms with E-state index in [2.05, 4.69) is 15.5 Å². The highest BCUT2D eigenvalue weighted by atomic mass is 35.5. The van der Waals surface area contributed by atoms with Gasteiger partial charge in [-0.2, -0.15) is 4.98 Å². The zero-order chi connectivity index (χ0) is 14.8. The molecule has 0 saturated heterocycles. The third kappa shape index (κ3) is 3.31. The first kappa shape index (κ1) is 14.6. The molecule has 0 spiro atoms. The van der Waals surface area contributed by atoms with Gasteiger partial charge in [0.1, 0.15) is 5.75 Å². The molecule has 0 amide bonds. The molecule has 0 fully saturated rings. The van der Waals surface area contributed by atoms with Crippen molar-refractivity contribution in [2.24, 2.45) is 0 Å². The summed E-state index contributed by atoms with van der Waals surface area (Å²) in [6.45, 7) is 3.16. The Labute approximate surface area is 132 Å². The van der Waals surface area contributed by atoms with E-state index in [0.29, 0.717) is 34.8 Å². The number of ether oxygens (including phenoxy) is 1. The van der Waals surface area contributed by atoms with Gasteiger partial charge in [0.25, 0.3) is 0 Å². The minimum absolute atomic E-state index is 0.165. The van der Waals surface area contributed by atoms with E-state index in [1.807, 2.05) is 6.07 Å². The predicted molar refractivity (Wildman–Crippen MR) is 80.1 cm³/mol. The first-order valence-electron chi connectivity index (χ1n) is 6.78. The zero-order valence-corrected chi connectivity index (χ0v) is 13.0. The number of fused-ring (bicyclic) bond motifs is 1. The number of hydrogen-bond acceptors (Lipinski definition) is 5. The molecule has 0 bridgehead atoms. The molecule has 1 aromatic heterocycles. The van der Waals surface area contributed by atoms with Crippen molar-refractivity contribution in [3.05, 3.63) is 39.5 Å². The van der Waals surface area contributed by atoms with Crippen LogP contribution in [0.5, 0.6) is 5.75 Å². The number of halogens is 2. The topological polar surface area (TPSA) is 60.2 Å². The molecule has 21 heavy (non-hydrogen) atoms. The summed E-state index contributed by atoms with van der Waals surface area (Å²) in [5.41, 5.74) is 1.00. The summed E-state index contributed by atoms with van der Waals surface area (Å²) in [7, 11) is 0. The number of aryl methyl sites for hydroxylation is 1. The molecule has 0 radical (unpaired) electrons. The maximum Gasteiger partial charge on any atom is 0.223 e. The van der Waals surface area contributed by atoms with Gasteiger partial charge in [-0.3, -0.25) is 0 Å². The molecule has 0 aliphatic carbocycles.